The van der Waals surface area contributed by atoms with E-state index in [0.717, 1.165) is 22.8 Å². The summed E-state index contributed by atoms with van der Waals surface area (Å²) >= 11 is 6.23. The fraction of sp³-hybridized carbons (Fsp3) is 0.600. The third-order valence-electron chi connectivity index (χ3n) is 4.62. The van der Waals surface area contributed by atoms with Gasteiger partial charge in [-0.1, -0.05) is 23.7 Å². The molecule has 1 nitrogen and oxygen atoms in total. The molecule has 3 rings (SSSR count). The second-order valence-corrected chi connectivity index (χ2v) is 6.17. The van der Waals surface area contributed by atoms with Crippen molar-refractivity contribution in [1.29, 1.82) is 0 Å². The number of hydrogen-bond acceptors (Lipinski definition) is 1. The Labute approximate surface area is 109 Å². The van der Waals surface area contributed by atoms with Gasteiger partial charge in [0.25, 0.3) is 0 Å². The molecule has 2 heteroatoms. The quantitative estimate of drug-likeness (QED) is 0.855. The molecule has 1 aromatic carbocycles. The van der Waals surface area contributed by atoms with Gasteiger partial charge in [0.15, 0.2) is 0 Å². The lowest BCUT2D eigenvalue weighted by atomic mass is 9.89. The van der Waals surface area contributed by atoms with Crippen molar-refractivity contribution in [2.24, 2.45) is 17.8 Å². The summed E-state index contributed by atoms with van der Waals surface area (Å²) in [6, 6.07) is 6.99. The second-order valence-electron chi connectivity index (χ2n) is 5.76. The van der Waals surface area contributed by atoms with Gasteiger partial charge in [0.2, 0.25) is 0 Å². The monoisotopic (exact) mass is 249 g/mol. The van der Waals surface area contributed by atoms with Crippen molar-refractivity contribution in [1.82, 2.24) is 5.32 Å². The predicted molar refractivity (Wildman–Crippen MR) is 72.3 cm³/mol. The van der Waals surface area contributed by atoms with Crippen LogP contribution in [0.1, 0.15) is 36.4 Å². The van der Waals surface area contributed by atoms with E-state index in [1.807, 2.05) is 0 Å². The van der Waals surface area contributed by atoms with Crippen LogP contribution in [0.5, 0.6) is 0 Å². The Bertz CT molecular complexity index is 419. The number of halogens is 1. The van der Waals surface area contributed by atoms with Crippen LogP contribution in [-0.2, 0) is 0 Å². The highest BCUT2D eigenvalue weighted by molar-refractivity contribution is 6.31. The molecule has 0 aromatic heterocycles. The molecule has 17 heavy (non-hydrogen) atoms. The lowest BCUT2D eigenvalue weighted by Gasteiger charge is -2.25. The Morgan fingerprint density at radius 2 is 1.94 bits per heavy atom. The first-order valence-electron chi connectivity index (χ1n) is 6.62. The Balaban J connectivity index is 1.81. The minimum atomic E-state index is 0.487. The molecule has 3 atom stereocenters. The van der Waals surface area contributed by atoms with Gasteiger partial charge >= 0.3 is 0 Å². The molecule has 92 valence electrons. The van der Waals surface area contributed by atoms with Gasteiger partial charge in [-0.15, -0.1) is 0 Å². The van der Waals surface area contributed by atoms with Gasteiger partial charge in [-0.3, -0.25) is 0 Å². The van der Waals surface area contributed by atoms with E-state index in [-0.39, 0.29) is 0 Å². The van der Waals surface area contributed by atoms with Crippen molar-refractivity contribution in [2.45, 2.75) is 32.2 Å². The number of fused-ring (bicyclic) bond motifs is 1. The average molecular weight is 250 g/mol. The van der Waals surface area contributed by atoms with Crippen LogP contribution in [-0.4, -0.2) is 7.05 Å². The zero-order valence-electron chi connectivity index (χ0n) is 10.5. The van der Waals surface area contributed by atoms with E-state index in [9.17, 15) is 0 Å². The molecule has 0 spiro atoms. The topological polar surface area (TPSA) is 12.0 Å². The van der Waals surface area contributed by atoms with Gasteiger partial charge in [0.1, 0.15) is 0 Å². The van der Waals surface area contributed by atoms with Gasteiger partial charge in [-0.05, 0) is 68.2 Å². The Morgan fingerprint density at radius 1 is 1.24 bits per heavy atom. The molecule has 0 amide bonds. The summed E-state index contributed by atoms with van der Waals surface area (Å²) in [6.45, 7) is 2.06. The van der Waals surface area contributed by atoms with Gasteiger partial charge in [0, 0.05) is 11.1 Å². The summed E-state index contributed by atoms with van der Waals surface area (Å²) in [6.07, 6.45) is 4.30. The molecule has 2 aliphatic rings. The van der Waals surface area contributed by atoms with E-state index in [2.05, 4.69) is 37.5 Å². The van der Waals surface area contributed by atoms with E-state index in [4.69, 9.17) is 11.6 Å². The molecule has 0 aliphatic heterocycles. The highest BCUT2D eigenvalue weighted by Gasteiger charge is 2.47. The number of nitrogens with one attached hydrogen (secondary N) is 1. The summed E-state index contributed by atoms with van der Waals surface area (Å²) in [5.41, 5.74) is 2.52. The molecule has 2 aliphatic carbocycles. The van der Waals surface area contributed by atoms with E-state index in [0.29, 0.717) is 6.04 Å². The number of hydrogen-bond donors (Lipinski definition) is 1. The van der Waals surface area contributed by atoms with Crippen molar-refractivity contribution >= 4 is 11.6 Å². The lowest BCUT2D eigenvalue weighted by Crippen LogP contribution is -2.24. The molecule has 1 aromatic rings. The molecule has 1 N–H and O–H groups in total. The SMILES string of the molecule is CNC(c1ccc(C)c(Cl)c1)C1CC2CC2C1. The maximum absolute atomic E-state index is 6.23. The first-order chi connectivity index (χ1) is 8.19. The summed E-state index contributed by atoms with van der Waals surface area (Å²) in [5.74, 6) is 2.89. The molecule has 0 radical (unpaired) electrons. The first-order valence-corrected chi connectivity index (χ1v) is 7.00. The number of benzene rings is 1. The molecule has 2 saturated carbocycles. The minimum Gasteiger partial charge on any atom is -0.313 e. The summed E-state index contributed by atoms with van der Waals surface area (Å²) in [4.78, 5) is 0. The number of rotatable bonds is 3. The summed E-state index contributed by atoms with van der Waals surface area (Å²) in [7, 11) is 2.07. The molecule has 3 unspecified atom stereocenters. The third-order valence-corrected chi connectivity index (χ3v) is 5.02. The first kappa shape index (κ1) is 11.6. The van der Waals surface area contributed by atoms with E-state index in [1.54, 1.807) is 0 Å². The molecule has 2 fully saturated rings. The van der Waals surface area contributed by atoms with Gasteiger partial charge in [-0.25, -0.2) is 0 Å². The van der Waals surface area contributed by atoms with Gasteiger partial charge in [0.05, 0.1) is 0 Å². The molecular formula is C15H20ClN. The fourth-order valence-electron chi connectivity index (χ4n) is 3.51. The van der Waals surface area contributed by atoms with Crippen LogP contribution < -0.4 is 5.32 Å². The van der Waals surface area contributed by atoms with Gasteiger partial charge in [-0.2, -0.15) is 0 Å². The maximum Gasteiger partial charge on any atom is 0.0438 e. The summed E-state index contributed by atoms with van der Waals surface area (Å²) in [5, 5.41) is 4.38. The predicted octanol–water partition coefficient (Wildman–Crippen LogP) is 3.96. The molecule has 0 saturated heterocycles. The average Bonchev–Trinajstić information content (AvgIpc) is 2.92. The highest BCUT2D eigenvalue weighted by atomic mass is 35.5. The zero-order valence-corrected chi connectivity index (χ0v) is 11.3. The third kappa shape index (κ3) is 2.11. The standard InChI is InChI=1S/C15H20ClN/c1-9-3-4-10(8-14(9)16)15(17-2)13-6-11-5-12(11)7-13/h3-4,8,11-13,15,17H,5-7H2,1-2H3. The van der Waals surface area contributed by atoms with Crippen molar-refractivity contribution in [3.63, 3.8) is 0 Å². The largest absolute Gasteiger partial charge is 0.313 e. The fourth-order valence-corrected chi connectivity index (χ4v) is 3.70. The lowest BCUT2D eigenvalue weighted by molar-refractivity contribution is 0.359. The second kappa shape index (κ2) is 4.29. The van der Waals surface area contributed by atoms with Crippen LogP contribution >= 0.6 is 11.6 Å². The smallest absolute Gasteiger partial charge is 0.0438 e. The maximum atomic E-state index is 6.23. The Morgan fingerprint density at radius 3 is 2.53 bits per heavy atom. The van der Waals surface area contributed by atoms with Crippen molar-refractivity contribution in [3.05, 3.63) is 34.3 Å². The molecule has 0 heterocycles. The molecule has 0 bridgehead atoms. The van der Waals surface area contributed by atoms with E-state index in [1.165, 1.54) is 30.4 Å². The van der Waals surface area contributed by atoms with Crippen LogP contribution in [0.4, 0.5) is 0 Å². The zero-order chi connectivity index (χ0) is 12.0. The normalized spacial score (nSPS) is 32.3. The van der Waals surface area contributed by atoms with Crippen molar-refractivity contribution < 1.29 is 0 Å². The number of aryl methyl sites for hydroxylation is 1. The van der Waals surface area contributed by atoms with Crippen molar-refractivity contribution in [3.8, 4) is 0 Å². The van der Waals surface area contributed by atoms with Crippen LogP contribution in [0.15, 0.2) is 18.2 Å². The summed E-state index contributed by atoms with van der Waals surface area (Å²) < 4.78 is 0. The highest BCUT2D eigenvalue weighted by Crippen LogP contribution is 2.57. The van der Waals surface area contributed by atoms with Crippen LogP contribution in [0, 0.1) is 24.7 Å². The van der Waals surface area contributed by atoms with E-state index < -0.39 is 0 Å². The minimum absolute atomic E-state index is 0.487. The Hall–Kier alpha value is -0.530. The van der Waals surface area contributed by atoms with Crippen molar-refractivity contribution in [2.75, 3.05) is 7.05 Å². The van der Waals surface area contributed by atoms with E-state index >= 15 is 0 Å². The van der Waals surface area contributed by atoms with Crippen LogP contribution in [0.2, 0.25) is 5.02 Å². The molecular weight excluding hydrogens is 230 g/mol. The van der Waals surface area contributed by atoms with Crippen LogP contribution in [0.3, 0.4) is 0 Å². The van der Waals surface area contributed by atoms with Gasteiger partial charge < -0.3 is 5.32 Å². The van der Waals surface area contributed by atoms with Crippen LogP contribution in [0.25, 0.3) is 0 Å². The Kier molecular flexibility index (Phi) is 2.92.